The molecule has 0 saturated heterocycles. The topological polar surface area (TPSA) is 104 Å². The number of amides is 1. The lowest BCUT2D eigenvalue weighted by molar-refractivity contribution is -0.147. The summed E-state index contributed by atoms with van der Waals surface area (Å²) in [5.41, 5.74) is -0.147. The molecule has 0 aromatic carbocycles. The number of rotatable bonds is 9. The Morgan fingerprint density at radius 2 is 1.81 bits per heavy atom. The van der Waals surface area contributed by atoms with Crippen molar-refractivity contribution in [3.63, 3.8) is 0 Å². The van der Waals surface area contributed by atoms with Gasteiger partial charge in [-0.2, -0.15) is 0 Å². The van der Waals surface area contributed by atoms with Crippen LogP contribution in [0.4, 0.5) is 0 Å². The summed E-state index contributed by atoms with van der Waals surface area (Å²) in [6, 6.07) is 1.47. The van der Waals surface area contributed by atoms with E-state index >= 15 is 0 Å². The highest BCUT2D eigenvalue weighted by atomic mass is 16.6. The summed E-state index contributed by atoms with van der Waals surface area (Å²) in [7, 11) is 1.39. The molecule has 0 spiro atoms. The van der Waals surface area contributed by atoms with Gasteiger partial charge in [0.2, 0.25) is 5.75 Å². The molecule has 0 bridgehead atoms. The van der Waals surface area contributed by atoms with Crippen molar-refractivity contribution < 1.29 is 28.6 Å². The molecule has 1 unspecified atom stereocenters. The molecule has 1 atom stereocenters. The number of carbonyl (C=O) groups excluding carboxylic acids is 3. The second-order valence-corrected chi connectivity index (χ2v) is 6.88. The van der Waals surface area contributed by atoms with Crippen LogP contribution in [0.15, 0.2) is 12.3 Å². The number of hydrogen-bond acceptors (Lipinski definition) is 7. The summed E-state index contributed by atoms with van der Waals surface area (Å²) in [5, 5.41) is 2.43. The molecule has 27 heavy (non-hydrogen) atoms. The number of nitrogens with zero attached hydrogens (tertiary/aromatic N) is 1. The third-order valence-corrected chi connectivity index (χ3v) is 3.51. The van der Waals surface area contributed by atoms with Crippen LogP contribution in [0.3, 0.4) is 0 Å². The predicted octanol–water partition coefficient (Wildman–Crippen LogP) is 2.36. The van der Waals surface area contributed by atoms with E-state index in [4.69, 9.17) is 14.2 Å². The molecule has 1 amide bonds. The molecule has 0 aliphatic heterocycles. The summed E-state index contributed by atoms with van der Waals surface area (Å²) >= 11 is 0. The fourth-order valence-electron chi connectivity index (χ4n) is 2.28. The zero-order valence-corrected chi connectivity index (χ0v) is 16.7. The van der Waals surface area contributed by atoms with E-state index in [0.717, 1.165) is 6.42 Å². The maximum atomic E-state index is 12.4. The molecule has 0 aliphatic carbocycles. The second kappa shape index (κ2) is 10.5. The van der Waals surface area contributed by atoms with Gasteiger partial charge in [0, 0.05) is 12.3 Å². The number of nitrogens with one attached hydrogen (secondary N) is 1. The molecule has 150 valence electrons. The van der Waals surface area contributed by atoms with E-state index in [-0.39, 0.29) is 29.8 Å². The van der Waals surface area contributed by atoms with Gasteiger partial charge in [0.1, 0.15) is 6.54 Å². The Balaban J connectivity index is 2.82. The molecule has 1 aromatic heterocycles. The van der Waals surface area contributed by atoms with Crippen LogP contribution in [0.5, 0.6) is 11.5 Å². The predicted molar refractivity (Wildman–Crippen MR) is 98.6 cm³/mol. The van der Waals surface area contributed by atoms with E-state index in [9.17, 15) is 14.4 Å². The van der Waals surface area contributed by atoms with Gasteiger partial charge >= 0.3 is 11.9 Å². The van der Waals surface area contributed by atoms with E-state index in [0.29, 0.717) is 5.92 Å². The largest absolute Gasteiger partial charge is 0.493 e. The number of aromatic nitrogens is 1. The van der Waals surface area contributed by atoms with E-state index < -0.39 is 23.8 Å². The van der Waals surface area contributed by atoms with Crippen molar-refractivity contribution >= 4 is 17.8 Å². The van der Waals surface area contributed by atoms with E-state index in [1.807, 2.05) is 13.8 Å². The molecular formula is C19H28N2O6. The highest BCUT2D eigenvalue weighted by molar-refractivity contribution is 5.98. The molecule has 0 aliphatic rings. The smallest absolute Gasteiger partial charge is 0.325 e. The highest BCUT2D eigenvalue weighted by Crippen LogP contribution is 2.30. The number of hydrogen-bond donors (Lipinski definition) is 1. The Morgan fingerprint density at radius 1 is 1.15 bits per heavy atom. The molecule has 1 N–H and O–H groups in total. The summed E-state index contributed by atoms with van der Waals surface area (Å²) in [6.07, 6.45) is 1.84. The van der Waals surface area contributed by atoms with Gasteiger partial charge in [-0.25, -0.2) is 4.98 Å². The van der Waals surface area contributed by atoms with Crippen molar-refractivity contribution in [2.24, 2.45) is 11.8 Å². The minimum atomic E-state index is -0.672. The molecule has 1 aromatic rings. The lowest BCUT2D eigenvalue weighted by atomic mass is 10.1. The van der Waals surface area contributed by atoms with Crippen molar-refractivity contribution in [1.82, 2.24) is 10.3 Å². The van der Waals surface area contributed by atoms with Crippen molar-refractivity contribution in [1.29, 1.82) is 0 Å². The lowest BCUT2D eigenvalue weighted by Crippen LogP contribution is -2.33. The Morgan fingerprint density at radius 3 is 2.37 bits per heavy atom. The number of ether oxygens (including phenoxy) is 3. The molecule has 0 radical (unpaired) electrons. The second-order valence-electron chi connectivity index (χ2n) is 6.88. The molecule has 0 fully saturated rings. The summed E-state index contributed by atoms with van der Waals surface area (Å²) in [6.45, 7) is 8.87. The Labute approximate surface area is 159 Å². The first-order valence-corrected chi connectivity index (χ1v) is 8.88. The number of methoxy groups -OCH3 is 1. The first-order chi connectivity index (χ1) is 12.6. The lowest BCUT2D eigenvalue weighted by Gasteiger charge is -2.16. The molecule has 8 nitrogen and oxygen atoms in total. The summed E-state index contributed by atoms with van der Waals surface area (Å²) in [5.74, 6) is -1.66. The average molecular weight is 380 g/mol. The Kier molecular flexibility index (Phi) is 8.71. The van der Waals surface area contributed by atoms with E-state index in [1.165, 1.54) is 19.4 Å². The normalized spacial score (nSPS) is 11.9. The summed E-state index contributed by atoms with van der Waals surface area (Å²) in [4.78, 5) is 40.2. The monoisotopic (exact) mass is 380 g/mol. The number of esters is 2. The maximum absolute atomic E-state index is 12.4. The third-order valence-electron chi connectivity index (χ3n) is 3.51. The van der Waals surface area contributed by atoms with Gasteiger partial charge in [0.15, 0.2) is 11.4 Å². The SMILES string of the molecule is COc1ccnc(C(=O)NCC(=O)OC(C)CC(C)C)c1OC(=O)C(C)C. The first-order valence-electron chi connectivity index (χ1n) is 8.88. The minimum Gasteiger partial charge on any atom is -0.493 e. The van der Waals surface area contributed by atoms with Crippen LogP contribution in [0, 0.1) is 11.8 Å². The fourth-order valence-corrected chi connectivity index (χ4v) is 2.28. The minimum absolute atomic E-state index is 0.0854. The van der Waals surface area contributed by atoms with Gasteiger partial charge < -0.3 is 19.5 Å². The van der Waals surface area contributed by atoms with Gasteiger partial charge in [0.05, 0.1) is 19.1 Å². The number of pyridine rings is 1. The van der Waals surface area contributed by atoms with Gasteiger partial charge in [-0.15, -0.1) is 0 Å². The van der Waals surface area contributed by atoms with Crippen LogP contribution in [-0.4, -0.2) is 42.6 Å². The van der Waals surface area contributed by atoms with Gasteiger partial charge in [0.25, 0.3) is 5.91 Å². The van der Waals surface area contributed by atoms with Crippen LogP contribution in [-0.2, 0) is 14.3 Å². The molecule has 1 heterocycles. The fraction of sp³-hybridized carbons (Fsp3) is 0.579. The third kappa shape index (κ3) is 7.24. The molecule has 1 rings (SSSR count). The highest BCUT2D eigenvalue weighted by Gasteiger charge is 2.23. The van der Waals surface area contributed by atoms with Gasteiger partial charge in [-0.3, -0.25) is 14.4 Å². The van der Waals surface area contributed by atoms with Gasteiger partial charge in [-0.05, 0) is 19.3 Å². The maximum Gasteiger partial charge on any atom is 0.325 e. The average Bonchev–Trinajstić information content (AvgIpc) is 2.58. The first kappa shape index (κ1) is 22.4. The Hall–Kier alpha value is -2.64. The van der Waals surface area contributed by atoms with Crippen molar-refractivity contribution in [3.8, 4) is 11.5 Å². The Bertz CT molecular complexity index is 672. The molecule has 0 saturated carbocycles. The van der Waals surface area contributed by atoms with Crippen molar-refractivity contribution in [2.45, 2.75) is 47.1 Å². The zero-order valence-electron chi connectivity index (χ0n) is 16.7. The molecule has 8 heteroatoms. The van der Waals surface area contributed by atoms with Gasteiger partial charge in [-0.1, -0.05) is 27.7 Å². The standard InChI is InChI=1S/C19H28N2O6/c1-11(2)9-13(5)26-15(22)10-21-18(23)16-17(27-19(24)12(3)4)14(25-6)7-8-20-16/h7-8,11-13H,9-10H2,1-6H3,(H,21,23). The van der Waals surface area contributed by atoms with Crippen molar-refractivity contribution in [2.75, 3.05) is 13.7 Å². The zero-order chi connectivity index (χ0) is 20.6. The van der Waals surface area contributed by atoms with E-state index in [2.05, 4.69) is 10.3 Å². The quantitative estimate of drug-likeness (QED) is 0.656. The van der Waals surface area contributed by atoms with Crippen molar-refractivity contribution in [3.05, 3.63) is 18.0 Å². The molecular weight excluding hydrogens is 352 g/mol. The van der Waals surface area contributed by atoms with Crippen LogP contribution in [0.25, 0.3) is 0 Å². The van der Waals surface area contributed by atoms with Crippen LogP contribution < -0.4 is 14.8 Å². The van der Waals surface area contributed by atoms with Crippen LogP contribution in [0.2, 0.25) is 0 Å². The number of carbonyl (C=O) groups is 3. The van der Waals surface area contributed by atoms with E-state index in [1.54, 1.807) is 20.8 Å². The summed E-state index contributed by atoms with van der Waals surface area (Å²) < 4.78 is 15.6. The van der Waals surface area contributed by atoms with Crippen LogP contribution in [0.1, 0.15) is 51.5 Å². The van der Waals surface area contributed by atoms with Crippen LogP contribution >= 0.6 is 0 Å².